The van der Waals surface area contributed by atoms with Gasteiger partial charge in [-0.25, -0.2) is 17.5 Å². The van der Waals surface area contributed by atoms with Crippen molar-refractivity contribution in [2.45, 2.75) is 17.9 Å². The third-order valence-corrected chi connectivity index (χ3v) is 3.67. The Hall–Kier alpha value is -1.18. The van der Waals surface area contributed by atoms with Crippen LogP contribution in [0, 0.1) is 5.82 Å². The van der Waals surface area contributed by atoms with Gasteiger partial charge in [-0.05, 0) is 25.1 Å². The average molecular weight is 262 g/mol. The molecule has 0 heterocycles. The Bertz CT molecular complexity index is 490. The number of methoxy groups -OCH3 is 1. The summed E-state index contributed by atoms with van der Waals surface area (Å²) in [4.78, 5) is -0.160. The van der Waals surface area contributed by atoms with E-state index < -0.39 is 15.8 Å². The normalized spacial score (nSPS) is 13.6. The van der Waals surface area contributed by atoms with Gasteiger partial charge in [0.05, 0.1) is 16.7 Å². The van der Waals surface area contributed by atoms with E-state index in [0.29, 0.717) is 0 Å². The Kier molecular flexibility index (Phi) is 4.44. The van der Waals surface area contributed by atoms with Crippen LogP contribution >= 0.6 is 0 Å². The highest BCUT2D eigenvalue weighted by molar-refractivity contribution is 7.89. The van der Waals surface area contributed by atoms with Gasteiger partial charge in [-0.2, -0.15) is 0 Å². The number of halogens is 1. The Morgan fingerprint density at radius 1 is 1.53 bits per heavy atom. The Morgan fingerprint density at radius 2 is 2.18 bits per heavy atom. The van der Waals surface area contributed by atoms with Gasteiger partial charge in [0.15, 0.2) is 0 Å². The number of anilines is 1. The van der Waals surface area contributed by atoms with E-state index in [0.717, 1.165) is 6.07 Å². The summed E-state index contributed by atoms with van der Waals surface area (Å²) in [6, 6.07) is 3.34. The molecule has 1 atom stereocenters. The molecule has 0 amide bonds. The maximum Gasteiger partial charge on any atom is 0.240 e. The number of ether oxygens (including phenoxy) is 1. The van der Waals surface area contributed by atoms with Gasteiger partial charge in [0, 0.05) is 13.7 Å². The van der Waals surface area contributed by atoms with Gasteiger partial charge in [0.2, 0.25) is 10.0 Å². The highest BCUT2D eigenvalue weighted by Crippen LogP contribution is 2.15. The van der Waals surface area contributed by atoms with Gasteiger partial charge in [-0.1, -0.05) is 0 Å². The fourth-order valence-corrected chi connectivity index (χ4v) is 2.20. The average Bonchev–Trinajstić information content (AvgIpc) is 2.29. The molecule has 0 spiro atoms. The SMILES string of the molecule is COC(C)CNS(=O)(=O)c1ccc(N)c(F)c1. The predicted molar refractivity (Wildman–Crippen MR) is 62.5 cm³/mol. The fourth-order valence-electron chi connectivity index (χ4n) is 1.07. The van der Waals surface area contributed by atoms with Crippen LogP contribution in [-0.2, 0) is 14.8 Å². The standard InChI is InChI=1S/C10H15FN2O3S/c1-7(16-2)6-13-17(14,15)8-3-4-10(12)9(11)5-8/h3-5,7,13H,6,12H2,1-2H3. The minimum Gasteiger partial charge on any atom is -0.396 e. The molecule has 1 aromatic carbocycles. The summed E-state index contributed by atoms with van der Waals surface area (Å²) in [6.45, 7) is 1.83. The second-order valence-corrected chi connectivity index (χ2v) is 5.35. The summed E-state index contributed by atoms with van der Waals surface area (Å²) >= 11 is 0. The van der Waals surface area contributed by atoms with Gasteiger partial charge >= 0.3 is 0 Å². The smallest absolute Gasteiger partial charge is 0.240 e. The number of hydrogen-bond donors (Lipinski definition) is 2. The summed E-state index contributed by atoms with van der Waals surface area (Å²) in [5.41, 5.74) is 5.18. The van der Waals surface area contributed by atoms with Crippen LogP contribution < -0.4 is 10.5 Å². The molecule has 0 saturated heterocycles. The molecule has 0 saturated carbocycles. The quantitative estimate of drug-likeness (QED) is 0.766. The zero-order valence-electron chi connectivity index (χ0n) is 9.60. The van der Waals surface area contributed by atoms with Crippen molar-refractivity contribution in [1.29, 1.82) is 0 Å². The molecule has 0 radical (unpaired) electrons. The summed E-state index contributed by atoms with van der Waals surface area (Å²) in [7, 11) is -2.26. The molecule has 96 valence electrons. The van der Waals surface area contributed by atoms with Crippen molar-refractivity contribution in [2.24, 2.45) is 0 Å². The van der Waals surface area contributed by atoms with Crippen LogP contribution in [0.4, 0.5) is 10.1 Å². The van der Waals surface area contributed by atoms with Crippen LogP contribution in [0.2, 0.25) is 0 Å². The topological polar surface area (TPSA) is 81.4 Å². The molecule has 0 aromatic heterocycles. The first kappa shape index (κ1) is 13.9. The zero-order chi connectivity index (χ0) is 13.1. The number of sulfonamides is 1. The van der Waals surface area contributed by atoms with Crippen molar-refractivity contribution in [3.8, 4) is 0 Å². The van der Waals surface area contributed by atoms with Crippen LogP contribution in [0.25, 0.3) is 0 Å². The molecule has 0 aliphatic carbocycles. The molecule has 0 aliphatic heterocycles. The Morgan fingerprint density at radius 3 is 2.71 bits per heavy atom. The largest absolute Gasteiger partial charge is 0.396 e. The fraction of sp³-hybridized carbons (Fsp3) is 0.400. The van der Waals surface area contributed by atoms with Crippen LogP contribution in [0.15, 0.2) is 23.1 Å². The van der Waals surface area contributed by atoms with Crippen LogP contribution in [0.1, 0.15) is 6.92 Å². The minimum absolute atomic E-state index is 0.0887. The van der Waals surface area contributed by atoms with E-state index in [1.807, 2.05) is 0 Å². The van der Waals surface area contributed by atoms with Gasteiger partial charge in [-0.3, -0.25) is 0 Å². The van der Waals surface area contributed by atoms with E-state index in [2.05, 4.69) is 4.72 Å². The van der Waals surface area contributed by atoms with Gasteiger partial charge in [-0.15, -0.1) is 0 Å². The monoisotopic (exact) mass is 262 g/mol. The second kappa shape index (κ2) is 5.44. The van der Waals surface area contributed by atoms with Crippen molar-refractivity contribution < 1.29 is 17.5 Å². The van der Waals surface area contributed by atoms with Crippen LogP contribution in [0.3, 0.4) is 0 Å². The summed E-state index contributed by atoms with van der Waals surface area (Å²) in [5, 5.41) is 0. The van der Waals surface area contributed by atoms with Gasteiger partial charge in [0.1, 0.15) is 5.82 Å². The van der Waals surface area contributed by atoms with Crippen molar-refractivity contribution in [2.75, 3.05) is 19.4 Å². The molecule has 7 heteroatoms. The third-order valence-electron chi connectivity index (χ3n) is 2.25. The van der Waals surface area contributed by atoms with Crippen molar-refractivity contribution in [3.63, 3.8) is 0 Å². The number of hydrogen-bond acceptors (Lipinski definition) is 4. The number of benzene rings is 1. The van der Waals surface area contributed by atoms with Crippen molar-refractivity contribution >= 4 is 15.7 Å². The first-order valence-electron chi connectivity index (χ1n) is 4.94. The lowest BCUT2D eigenvalue weighted by atomic mass is 10.3. The minimum atomic E-state index is -3.73. The van der Waals surface area contributed by atoms with E-state index in [4.69, 9.17) is 10.5 Å². The van der Waals surface area contributed by atoms with Crippen LogP contribution in [0.5, 0.6) is 0 Å². The van der Waals surface area contributed by atoms with Crippen molar-refractivity contribution in [1.82, 2.24) is 4.72 Å². The second-order valence-electron chi connectivity index (χ2n) is 3.58. The van der Waals surface area contributed by atoms with E-state index in [1.165, 1.54) is 19.2 Å². The molecular formula is C10H15FN2O3S. The van der Waals surface area contributed by atoms with E-state index in [-0.39, 0.29) is 23.2 Å². The number of rotatable bonds is 5. The molecule has 1 aromatic rings. The lowest BCUT2D eigenvalue weighted by Crippen LogP contribution is -2.31. The van der Waals surface area contributed by atoms with Crippen LogP contribution in [-0.4, -0.2) is 28.2 Å². The molecule has 0 aliphatic rings. The molecule has 1 unspecified atom stereocenters. The summed E-state index contributed by atoms with van der Waals surface area (Å²) in [5.74, 6) is -0.757. The summed E-state index contributed by atoms with van der Waals surface area (Å²) in [6.07, 6.45) is -0.261. The molecule has 17 heavy (non-hydrogen) atoms. The molecule has 3 N–H and O–H groups in total. The lowest BCUT2D eigenvalue weighted by Gasteiger charge is -2.11. The first-order valence-corrected chi connectivity index (χ1v) is 6.42. The zero-order valence-corrected chi connectivity index (χ0v) is 10.4. The summed E-state index contributed by atoms with van der Waals surface area (Å²) < 4.78 is 43.8. The molecule has 0 bridgehead atoms. The highest BCUT2D eigenvalue weighted by Gasteiger charge is 2.16. The maximum absolute atomic E-state index is 13.1. The number of nitrogens with two attached hydrogens (primary N) is 1. The van der Waals surface area contributed by atoms with Crippen molar-refractivity contribution in [3.05, 3.63) is 24.0 Å². The van der Waals surface area contributed by atoms with Gasteiger partial charge in [0.25, 0.3) is 0 Å². The molecular weight excluding hydrogens is 247 g/mol. The lowest BCUT2D eigenvalue weighted by molar-refractivity contribution is 0.122. The van der Waals surface area contributed by atoms with Gasteiger partial charge < -0.3 is 10.5 Å². The highest BCUT2D eigenvalue weighted by atomic mass is 32.2. The molecule has 1 rings (SSSR count). The Labute approximate surface area is 99.8 Å². The van der Waals surface area contributed by atoms with E-state index >= 15 is 0 Å². The molecule has 0 fully saturated rings. The number of nitrogens with one attached hydrogen (secondary N) is 1. The maximum atomic E-state index is 13.1. The van der Waals surface area contributed by atoms with E-state index in [1.54, 1.807) is 6.92 Å². The first-order chi connectivity index (χ1) is 7.86. The Balaban J connectivity index is 2.86. The predicted octanol–water partition coefficient (Wildman–Crippen LogP) is 0.721. The van der Waals surface area contributed by atoms with E-state index in [9.17, 15) is 12.8 Å². The third kappa shape index (κ3) is 3.65. The molecule has 5 nitrogen and oxygen atoms in total. The number of nitrogen functional groups attached to an aromatic ring is 1.